The van der Waals surface area contributed by atoms with Crippen LogP contribution in [0, 0.1) is 5.92 Å². The van der Waals surface area contributed by atoms with E-state index in [0.717, 1.165) is 32.2 Å². The van der Waals surface area contributed by atoms with Gasteiger partial charge in [-0.05, 0) is 19.9 Å². The van der Waals surface area contributed by atoms with Gasteiger partial charge >= 0.3 is 0 Å². The number of carbonyl (C=O) groups excluding carboxylic acids is 1. The van der Waals surface area contributed by atoms with Crippen molar-refractivity contribution >= 4 is 5.91 Å². The van der Waals surface area contributed by atoms with E-state index in [-0.39, 0.29) is 11.8 Å². The normalized spacial score (nSPS) is 19.2. The fraction of sp³-hybridized carbons (Fsp3) is 0.929. The summed E-state index contributed by atoms with van der Waals surface area (Å²) in [6.45, 7) is 5.95. The molecule has 18 heavy (non-hydrogen) atoms. The summed E-state index contributed by atoms with van der Waals surface area (Å²) in [5.41, 5.74) is -0.505. The second-order valence-electron chi connectivity index (χ2n) is 5.97. The van der Waals surface area contributed by atoms with E-state index >= 15 is 0 Å². The first-order valence-electron chi connectivity index (χ1n) is 7.11. The molecule has 0 heterocycles. The molecule has 1 aliphatic rings. The lowest BCUT2D eigenvalue weighted by atomic mass is 9.84. The zero-order chi connectivity index (χ0) is 13.6. The van der Waals surface area contributed by atoms with Crippen molar-refractivity contribution in [3.05, 3.63) is 0 Å². The van der Waals surface area contributed by atoms with Crippen molar-refractivity contribution in [3.8, 4) is 0 Å². The highest BCUT2D eigenvalue weighted by Crippen LogP contribution is 2.28. The molecule has 0 aliphatic heterocycles. The van der Waals surface area contributed by atoms with E-state index in [1.165, 1.54) is 6.42 Å². The molecular weight excluding hydrogens is 228 g/mol. The SMILES string of the molecule is CC(C)C(=O)NCCN(C)CC1(O)CCCCC1. The first kappa shape index (κ1) is 15.4. The number of hydrogen-bond acceptors (Lipinski definition) is 3. The van der Waals surface area contributed by atoms with Gasteiger partial charge in [-0.15, -0.1) is 0 Å². The number of hydrogen-bond donors (Lipinski definition) is 2. The average Bonchev–Trinajstić information content (AvgIpc) is 2.28. The molecule has 0 radical (unpaired) electrons. The Morgan fingerprint density at radius 1 is 1.33 bits per heavy atom. The number of carbonyl (C=O) groups is 1. The summed E-state index contributed by atoms with van der Waals surface area (Å²) < 4.78 is 0. The summed E-state index contributed by atoms with van der Waals surface area (Å²) in [6, 6.07) is 0. The van der Waals surface area contributed by atoms with Crippen LogP contribution in [0.4, 0.5) is 0 Å². The minimum atomic E-state index is -0.505. The van der Waals surface area contributed by atoms with Crippen molar-refractivity contribution in [2.45, 2.75) is 51.6 Å². The van der Waals surface area contributed by atoms with Gasteiger partial charge < -0.3 is 15.3 Å². The highest BCUT2D eigenvalue weighted by atomic mass is 16.3. The largest absolute Gasteiger partial charge is 0.389 e. The third kappa shape index (κ3) is 5.36. The summed E-state index contributed by atoms with van der Waals surface area (Å²) in [4.78, 5) is 13.5. The molecule has 0 spiro atoms. The maximum absolute atomic E-state index is 11.4. The molecule has 1 rings (SSSR count). The van der Waals surface area contributed by atoms with Gasteiger partial charge in [0.15, 0.2) is 0 Å². The molecule has 0 unspecified atom stereocenters. The first-order chi connectivity index (χ1) is 8.43. The number of nitrogens with zero attached hydrogens (tertiary/aromatic N) is 1. The van der Waals surface area contributed by atoms with Crippen LogP contribution in [-0.4, -0.2) is 48.2 Å². The van der Waals surface area contributed by atoms with Crippen molar-refractivity contribution in [1.82, 2.24) is 10.2 Å². The summed E-state index contributed by atoms with van der Waals surface area (Å²) in [5, 5.41) is 13.3. The highest BCUT2D eigenvalue weighted by molar-refractivity contribution is 5.77. The van der Waals surface area contributed by atoms with Crippen LogP contribution in [-0.2, 0) is 4.79 Å². The lowest BCUT2D eigenvalue weighted by Crippen LogP contribution is -2.45. The zero-order valence-corrected chi connectivity index (χ0v) is 12.0. The standard InChI is InChI=1S/C14H28N2O2/c1-12(2)13(17)15-9-10-16(3)11-14(18)7-5-4-6-8-14/h12,18H,4-11H2,1-3H3,(H,15,17). The van der Waals surface area contributed by atoms with Crippen molar-refractivity contribution in [2.24, 2.45) is 5.92 Å². The van der Waals surface area contributed by atoms with Crippen LogP contribution in [0.2, 0.25) is 0 Å². The number of aliphatic hydroxyl groups is 1. The molecule has 106 valence electrons. The van der Waals surface area contributed by atoms with Gasteiger partial charge in [0.2, 0.25) is 5.91 Å². The molecule has 1 aliphatic carbocycles. The fourth-order valence-corrected chi connectivity index (χ4v) is 2.52. The van der Waals surface area contributed by atoms with Crippen LogP contribution in [0.3, 0.4) is 0 Å². The van der Waals surface area contributed by atoms with Crippen LogP contribution in [0.15, 0.2) is 0 Å². The van der Waals surface area contributed by atoms with Gasteiger partial charge in [0.05, 0.1) is 5.60 Å². The Hall–Kier alpha value is -0.610. The van der Waals surface area contributed by atoms with Crippen molar-refractivity contribution in [1.29, 1.82) is 0 Å². The van der Waals surface area contributed by atoms with E-state index in [2.05, 4.69) is 10.2 Å². The number of likely N-dealkylation sites (N-methyl/N-ethyl adjacent to an activating group) is 1. The van der Waals surface area contributed by atoms with Crippen LogP contribution >= 0.6 is 0 Å². The fourth-order valence-electron chi connectivity index (χ4n) is 2.52. The van der Waals surface area contributed by atoms with E-state index < -0.39 is 5.60 Å². The molecule has 0 bridgehead atoms. The number of nitrogens with one attached hydrogen (secondary N) is 1. The minimum Gasteiger partial charge on any atom is -0.389 e. The molecule has 1 amide bonds. The van der Waals surface area contributed by atoms with Gasteiger partial charge in [-0.1, -0.05) is 33.1 Å². The van der Waals surface area contributed by atoms with Gasteiger partial charge in [0, 0.05) is 25.6 Å². The predicted octanol–water partition coefficient (Wildman–Crippen LogP) is 1.39. The third-order valence-electron chi connectivity index (χ3n) is 3.67. The Bertz CT molecular complexity index is 261. The molecule has 0 aromatic carbocycles. The van der Waals surface area contributed by atoms with Crippen LogP contribution in [0.1, 0.15) is 46.0 Å². The van der Waals surface area contributed by atoms with E-state index in [4.69, 9.17) is 0 Å². The van der Waals surface area contributed by atoms with Gasteiger partial charge in [0.25, 0.3) is 0 Å². The van der Waals surface area contributed by atoms with Crippen molar-refractivity contribution in [2.75, 3.05) is 26.7 Å². The van der Waals surface area contributed by atoms with Crippen molar-refractivity contribution in [3.63, 3.8) is 0 Å². The summed E-state index contributed by atoms with van der Waals surface area (Å²) in [6.07, 6.45) is 5.34. The molecule has 0 saturated heterocycles. The Morgan fingerprint density at radius 2 is 1.94 bits per heavy atom. The summed E-state index contributed by atoms with van der Waals surface area (Å²) >= 11 is 0. The lowest BCUT2D eigenvalue weighted by molar-refractivity contribution is -0.124. The Balaban J connectivity index is 2.20. The molecule has 0 atom stereocenters. The van der Waals surface area contributed by atoms with E-state index in [0.29, 0.717) is 13.1 Å². The molecular formula is C14H28N2O2. The Kier molecular flexibility index (Phi) is 6.09. The van der Waals surface area contributed by atoms with E-state index in [1.54, 1.807) is 0 Å². The molecule has 2 N–H and O–H groups in total. The molecule has 1 fully saturated rings. The maximum Gasteiger partial charge on any atom is 0.222 e. The topological polar surface area (TPSA) is 52.6 Å². The van der Waals surface area contributed by atoms with Gasteiger partial charge in [0.1, 0.15) is 0 Å². The average molecular weight is 256 g/mol. The maximum atomic E-state index is 11.4. The second kappa shape index (κ2) is 7.10. The number of rotatable bonds is 6. The monoisotopic (exact) mass is 256 g/mol. The lowest BCUT2D eigenvalue weighted by Gasteiger charge is -2.35. The smallest absolute Gasteiger partial charge is 0.222 e. The quantitative estimate of drug-likeness (QED) is 0.755. The van der Waals surface area contributed by atoms with Crippen LogP contribution in [0.5, 0.6) is 0 Å². The second-order valence-corrected chi connectivity index (χ2v) is 5.97. The number of amides is 1. The molecule has 1 saturated carbocycles. The first-order valence-corrected chi connectivity index (χ1v) is 7.11. The Morgan fingerprint density at radius 3 is 2.50 bits per heavy atom. The molecule has 0 aromatic rings. The minimum absolute atomic E-state index is 0.0397. The van der Waals surface area contributed by atoms with E-state index in [1.807, 2.05) is 20.9 Å². The van der Waals surface area contributed by atoms with Gasteiger partial charge in [-0.25, -0.2) is 0 Å². The molecule has 0 aromatic heterocycles. The predicted molar refractivity (Wildman–Crippen MR) is 73.4 cm³/mol. The summed E-state index contributed by atoms with van der Waals surface area (Å²) in [7, 11) is 2.01. The highest BCUT2D eigenvalue weighted by Gasteiger charge is 2.30. The summed E-state index contributed by atoms with van der Waals surface area (Å²) in [5.74, 6) is 0.137. The van der Waals surface area contributed by atoms with E-state index in [9.17, 15) is 9.90 Å². The molecule has 4 nitrogen and oxygen atoms in total. The zero-order valence-electron chi connectivity index (χ0n) is 12.0. The van der Waals surface area contributed by atoms with Crippen LogP contribution < -0.4 is 5.32 Å². The Labute approximate surface area is 111 Å². The van der Waals surface area contributed by atoms with Gasteiger partial charge in [-0.3, -0.25) is 4.79 Å². The van der Waals surface area contributed by atoms with Crippen LogP contribution in [0.25, 0.3) is 0 Å². The van der Waals surface area contributed by atoms with Crippen molar-refractivity contribution < 1.29 is 9.90 Å². The third-order valence-corrected chi connectivity index (χ3v) is 3.67. The van der Waals surface area contributed by atoms with Gasteiger partial charge in [-0.2, -0.15) is 0 Å². The molecule has 4 heteroatoms.